The molecule has 0 aliphatic heterocycles. The molecule has 0 spiro atoms. The molecule has 0 unspecified atom stereocenters. The van der Waals surface area contributed by atoms with Gasteiger partial charge in [-0.2, -0.15) is 0 Å². The third-order valence-electron chi connectivity index (χ3n) is 0.638. The van der Waals surface area contributed by atoms with Crippen LogP contribution in [0.3, 0.4) is 0 Å². The summed E-state index contributed by atoms with van der Waals surface area (Å²) in [5.41, 5.74) is 5.01. The van der Waals surface area contributed by atoms with Gasteiger partial charge in [-0.05, 0) is 12.2 Å². The van der Waals surface area contributed by atoms with E-state index in [4.69, 9.17) is 10.8 Å². The van der Waals surface area contributed by atoms with Gasteiger partial charge >= 0.3 is 5.97 Å². The van der Waals surface area contributed by atoms with Crippen molar-refractivity contribution in [3.8, 4) is 0 Å². The van der Waals surface area contributed by atoms with Crippen molar-refractivity contribution in [1.29, 1.82) is 0 Å². The Balaban J connectivity index is 0. The highest BCUT2D eigenvalue weighted by atomic mass is 35.5. The molecule has 0 aliphatic rings. The second kappa shape index (κ2) is 6.57. The van der Waals surface area contributed by atoms with E-state index in [-0.39, 0.29) is 23.9 Å². The van der Waals surface area contributed by atoms with Crippen LogP contribution in [0.15, 0.2) is 0 Å². The van der Waals surface area contributed by atoms with Crippen molar-refractivity contribution in [2.75, 3.05) is 6.54 Å². The minimum Gasteiger partial charge on any atom is -0.481 e. The Bertz CT molecular complexity index is 116. The van der Waals surface area contributed by atoms with Crippen molar-refractivity contribution in [1.82, 2.24) is 5.32 Å². The lowest BCUT2D eigenvalue weighted by Gasteiger charge is -1.97. The Morgan fingerprint density at radius 3 is 2.50 bits per heavy atom. The number of thiocarbonyl (C=S) groups is 1. The first kappa shape index (κ1) is 12.2. The van der Waals surface area contributed by atoms with Crippen molar-refractivity contribution in [2.24, 2.45) is 5.73 Å². The van der Waals surface area contributed by atoms with Crippen LogP contribution in [0.25, 0.3) is 0 Å². The van der Waals surface area contributed by atoms with Gasteiger partial charge in [-0.15, -0.1) is 12.4 Å². The van der Waals surface area contributed by atoms with E-state index in [1.807, 2.05) is 0 Å². The largest absolute Gasteiger partial charge is 0.481 e. The Kier molecular flexibility index (Phi) is 7.99. The fraction of sp³-hybridized carbons (Fsp3) is 0.500. The molecule has 0 aromatic carbocycles. The molecule has 0 saturated heterocycles. The van der Waals surface area contributed by atoms with Gasteiger partial charge in [0.25, 0.3) is 0 Å². The van der Waals surface area contributed by atoms with Gasteiger partial charge in [0.1, 0.15) is 0 Å². The van der Waals surface area contributed by atoms with Gasteiger partial charge in [0.05, 0.1) is 6.42 Å². The van der Waals surface area contributed by atoms with Crippen LogP contribution in [0.1, 0.15) is 6.42 Å². The molecule has 0 rings (SSSR count). The lowest BCUT2D eigenvalue weighted by molar-refractivity contribution is -0.136. The molecule has 4 nitrogen and oxygen atoms in total. The quantitative estimate of drug-likeness (QED) is 0.526. The van der Waals surface area contributed by atoms with E-state index < -0.39 is 5.97 Å². The molecule has 4 N–H and O–H groups in total. The lowest BCUT2D eigenvalue weighted by Crippen LogP contribution is -2.30. The predicted molar refractivity (Wildman–Crippen MR) is 44.3 cm³/mol. The Labute approximate surface area is 70.2 Å². The lowest BCUT2D eigenvalue weighted by atomic mass is 10.4. The van der Waals surface area contributed by atoms with Crippen molar-refractivity contribution < 1.29 is 9.90 Å². The van der Waals surface area contributed by atoms with Gasteiger partial charge in [0.15, 0.2) is 5.11 Å². The average Bonchev–Trinajstić information content (AvgIpc) is 1.63. The topological polar surface area (TPSA) is 75.3 Å². The number of nitrogens with one attached hydrogen (secondary N) is 1. The van der Waals surface area contributed by atoms with Crippen LogP contribution in [0.5, 0.6) is 0 Å². The third-order valence-corrected chi connectivity index (χ3v) is 0.782. The van der Waals surface area contributed by atoms with E-state index in [1.165, 1.54) is 0 Å². The molecule has 0 saturated carbocycles. The van der Waals surface area contributed by atoms with Gasteiger partial charge in [-0.3, -0.25) is 4.79 Å². The number of rotatable bonds is 3. The zero-order chi connectivity index (χ0) is 7.28. The molecule has 0 bridgehead atoms. The molecule has 0 fully saturated rings. The summed E-state index contributed by atoms with van der Waals surface area (Å²) >= 11 is 4.42. The summed E-state index contributed by atoms with van der Waals surface area (Å²) in [4.78, 5) is 9.86. The van der Waals surface area contributed by atoms with Crippen LogP contribution in [-0.2, 0) is 4.79 Å². The minimum atomic E-state index is -0.862. The molecule has 0 atom stereocenters. The van der Waals surface area contributed by atoms with Crippen LogP contribution in [0, 0.1) is 0 Å². The summed E-state index contributed by atoms with van der Waals surface area (Å²) < 4.78 is 0. The molecule has 0 aromatic heterocycles. The zero-order valence-corrected chi connectivity index (χ0v) is 6.80. The van der Waals surface area contributed by atoms with E-state index >= 15 is 0 Å². The minimum absolute atomic E-state index is 0. The van der Waals surface area contributed by atoms with Crippen LogP contribution < -0.4 is 11.1 Å². The van der Waals surface area contributed by atoms with Crippen LogP contribution in [-0.4, -0.2) is 22.7 Å². The zero-order valence-electron chi connectivity index (χ0n) is 5.16. The SMILES string of the molecule is Cl.NC(=S)NCCC(=O)O. The van der Waals surface area contributed by atoms with Gasteiger partial charge in [0.2, 0.25) is 0 Å². The average molecular weight is 185 g/mol. The first-order valence-corrected chi connectivity index (χ1v) is 2.79. The number of hydrogen-bond donors (Lipinski definition) is 3. The standard InChI is InChI=1S/C4H8N2O2S.ClH/c5-4(9)6-2-1-3(7)8;/h1-2H2,(H,7,8)(H3,5,6,9);1H. The van der Waals surface area contributed by atoms with Crippen LogP contribution in [0.2, 0.25) is 0 Å². The van der Waals surface area contributed by atoms with E-state index in [2.05, 4.69) is 17.5 Å². The predicted octanol–water partition coefficient (Wildman–Crippen LogP) is -0.284. The summed E-state index contributed by atoms with van der Waals surface area (Å²) in [7, 11) is 0. The Hall–Kier alpha value is -0.550. The van der Waals surface area contributed by atoms with Crippen LogP contribution in [0.4, 0.5) is 0 Å². The number of hydrogen-bond acceptors (Lipinski definition) is 2. The van der Waals surface area contributed by atoms with E-state index in [0.717, 1.165) is 0 Å². The molecule has 0 radical (unpaired) electrons. The highest BCUT2D eigenvalue weighted by Gasteiger charge is 1.94. The molecule has 60 valence electrons. The molecular formula is C4H9ClN2O2S. The molecule has 0 heterocycles. The van der Waals surface area contributed by atoms with Crippen molar-refractivity contribution >= 4 is 35.7 Å². The smallest absolute Gasteiger partial charge is 0.305 e. The summed E-state index contributed by atoms with van der Waals surface area (Å²) in [6, 6.07) is 0. The van der Waals surface area contributed by atoms with Gasteiger partial charge < -0.3 is 16.2 Å². The number of nitrogens with two attached hydrogens (primary N) is 1. The van der Waals surface area contributed by atoms with Crippen molar-refractivity contribution in [3.63, 3.8) is 0 Å². The van der Waals surface area contributed by atoms with Gasteiger partial charge in [-0.1, -0.05) is 0 Å². The monoisotopic (exact) mass is 184 g/mol. The summed E-state index contributed by atoms with van der Waals surface area (Å²) in [6.07, 6.45) is 0.0390. The second-order valence-corrected chi connectivity index (χ2v) is 1.87. The third kappa shape index (κ3) is 10.4. The second-order valence-electron chi connectivity index (χ2n) is 1.43. The molecule has 0 aromatic rings. The maximum absolute atomic E-state index is 9.86. The maximum Gasteiger partial charge on any atom is 0.305 e. The highest BCUT2D eigenvalue weighted by molar-refractivity contribution is 7.80. The van der Waals surface area contributed by atoms with E-state index in [1.54, 1.807) is 0 Å². The number of carboxylic acids is 1. The molecule has 0 amide bonds. The van der Waals surface area contributed by atoms with Crippen molar-refractivity contribution in [2.45, 2.75) is 6.42 Å². The summed E-state index contributed by atoms with van der Waals surface area (Å²) in [5, 5.41) is 10.7. The summed E-state index contributed by atoms with van der Waals surface area (Å²) in [5.74, 6) is -0.862. The molecular weight excluding hydrogens is 176 g/mol. The van der Waals surface area contributed by atoms with Crippen molar-refractivity contribution in [3.05, 3.63) is 0 Å². The highest BCUT2D eigenvalue weighted by Crippen LogP contribution is 1.73. The molecule has 6 heteroatoms. The Morgan fingerprint density at radius 1 is 1.70 bits per heavy atom. The van der Waals surface area contributed by atoms with Gasteiger partial charge in [-0.25, -0.2) is 0 Å². The summed E-state index contributed by atoms with van der Waals surface area (Å²) in [6.45, 7) is 0.296. The normalized spacial score (nSPS) is 7.60. The van der Waals surface area contributed by atoms with Crippen LogP contribution >= 0.6 is 24.6 Å². The van der Waals surface area contributed by atoms with E-state index in [9.17, 15) is 4.79 Å². The number of carboxylic acid groups (broad SMARTS) is 1. The fourth-order valence-electron chi connectivity index (χ4n) is 0.293. The van der Waals surface area contributed by atoms with E-state index in [0.29, 0.717) is 6.54 Å². The molecule has 0 aliphatic carbocycles. The van der Waals surface area contributed by atoms with Gasteiger partial charge in [0, 0.05) is 6.54 Å². The number of aliphatic carboxylic acids is 1. The fourth-order valence-corrected chi connectivity index (χ4v) is 0.395. The number of halogens is 1. The molecule has 10 heavy (non-hydrogen) atoms. The first-order chi connectivity index (χ1) is 4.13. The number of carbonyl (C=O) groups is 1. The first-order valence-electron chi connectivity index (χ1n) is 2.38. The maximum atomic E-state index is 9.86. The Morgan fingerprint density at radius 2 is 2.20 bits per heavy atom.